The molecule has 0 atom stereocenters. The van der Waals surface area contributed by atoms with Crippen LogP contribution in [0.5, 0.6) is 11.8 Å². The fourth-order valence-electron chi connectivity index (χ4n) is 2.28. The molecule has 0 spiro atoms. The molecule has 1 aromatic carbocycles. The van der Waals surface area contributed by atoms with E-state index in [1.54, 1.807) is 24.3 Å². The molecule has 2 aromatic rings. The highest BCUT2D eigenvalue weighted by molar-refractivity contribution is 5.68. The second-order valence-corrected chi connectivity index (χ2v) is 5.93. The third kappa shape index (κ3) is 4.77. The van der Waals surface area contributed by atoms with Crippen LogP contribution in [0.2, 0.25) is 0 Å². The highest BCUT2D eigenvalue weighted by atomic mass is 19.4. The van der Waals surface area contributed by atoms with Gasteiger partial charge in [-0.2, -0.15) is 18.2 Å². The van der Waals surface area contributed by atoms with Crippen LogP contribution in [-0.4, -0.2) is 29.7 Å². The molecule has 0 aliphatic rings. The minimum atomic E-state index is -4.60. The summed E-state index contributed by atoms with van der Waals surface area (Å²) in [6.07, 6.45) is -3.28. The van der Waals surface area contributed by atoms with Crippen molar-refractivity contribution >= 4 is 11.5 Å². The van der Waals surface area contributed by atoms with E-state index < -0.39 is 11.7 Å². The number of rotatable bonds is 7. The number of para-hydroxylation sites is 2. The normalized spacial score (nSPS) is 11.5. The molecule has 26 heavy (non-hydrogen) atoms. The fourth-order valence-corrected chi connectivity index (χ4v) is 2.28. The molecule has 0 fully saturated rings. The number of anilines is 2. The number of nitrogens with zero attached hydrogens (tertiary/aromatic N) is 3. The third-order valence-electron chi connectivity index (χ3n) is 3.39. The maximum absolute atomic E-state index is 13.4. The number of hydrogen-bond donors (Lipinski definition) is 0. The fraction of sp³-hybridized carbons (Fsp3) is 0.444. The van der Waals surface area contributed by atoms with Crippen LogP contribution >= 0.6 is 0 Å². The quantitative estimate of drug-likeness (QED) is 0.699. The first kappa shape index (κ1) is 19.8. The summed E-state index contributed by atoms with van der Waals surface area (Å²) in [5, 5.41) is 0. The summed E-state index contributed by atoms with van der Waals surface area (Å²) in [4.78, 5) is 9.00. The summed E-state index contributed by atoms with van der Waals surface area (Å²) in [5.41, 5.74) is -0.477. The van der Waals surface area contributed by atoms with Crippen LogP contribution in [0.4, 0.5) is 24.7 Å². The zero-order chi connectivity index (χ0) is 19.3. The van der Waals surface area contributed by atoms with Crippen LogP contribution in [0.25, 0.3) is 0 Å². The second kappa shape index (κ2) is 8.25. The van der Waals surface area contributed by atoms with Crippen LogP contribution in [0.15, 0.2) is 30.5 Å². The molecular weight excluding hydrogens is 347 g/mol. The van der Waals surface area contributed by atoms with E-state index in [4.69, 9.17) is 9.47 Å². The Kier molecular flexibility index (Phi) is 6.28. The minimum absolute atomic E-state index is 0.0936. The van der Waals surface area contributed by atoms with E-state index >= 15 is 0 Å². The number of alkyl halides is 3. The maximum atomic E-state index is 13.4. The lowest BCUT2D eigenvalue weighted by Gasteiger charge is -2.25. The molecule has 5 nitrogen and oxygen atoms in total. The van der Waals surface area contributed by atoms with Gasteiger partial charge in [-0.3, -0.25) is 0 Å². The summed E-state index contributed by atoms with van der Waals surface area (Å²) >= 11 is 0. The molecule has 0 saturated carbocycles. The average molecular weight is 369 g/mol. The van der Waals surface area contributed by atoms with Crippen molar-refractivity contribution in [3.63, 3.8) is 0 Å². The maximum Gasteiger partial charge on any atom is 0.421 e. The molecular formula is C18H22F3N3O2. The Balaban J connectivity index is 2.51. The first-order valence-electron chi connectivity index (χ1n) is 8.30. The first-order valence-corrected chi connectivity index (χ1v) is 8.30. The van der Waals surface area contributed by atoms with E-state index in [1.165, 1.54) is 11.9 Å². The molecule has 0 unspecified atom stereocenters. The van der Waals surface area contributed by atoms with Gasteiger partial charge in [-0.15, -0.1) is 0 Å². The largest absolute Gasteiger partial charge is 0.489 e. The Bertz CT molecular complexity index is 736. The number of hydrogen-bond acceptors (Lipinski definition) is 5. The van der Waals surface area contributed by atoms with E-state index in [1.807, 2.05) is 20.8 Å². The Morgan fingerprint density at radius 2 is 1.88 bits per heavy atom. The van der Waals surface area contributed by atoms with E-state index in [0.29, 0.717) is 24.5 Å². The Morgan fingerprint density at radius 1 is 1.19 bits per heavy atom. The van der Waals surface area contributed by atoms with Gasteiger partial charge in [0, 0.05) is 13.2 Å². The van der Waals surface area contributed by atoms with Crippen LogP contribution in [-0.2, 0) is 6.18 Å². The van der Waals surface area contributed by atoms with Crippen molar-refractivity contribution in [2.24, 2.45) is 0 Å². The predicted molar refractivity (Wildman–Crippen MR) is 93.1 cm³/mol. The lowest BCUT2D eigenvalue weighted by molar-refractivity contribution is -0.137. The standard InChI is InChI=1S/C18H22F3N3O2/c1-5-10-25-17-22-11-13(18(19,20)21)16(23-17)24(4)14-8-6-7-9-15(14)26-12(2)3/h6-9,11-12H,5,10H2,1-4H3. The Labute approximate surface area is 150 Å². The third-order valence-corrected chi connectivity index (χ3v) is 3.39. The van der Waals surface area contributed by atoms with E-state index in [0.717, 1.165) is 6.20 Å². The van der Waals surface area contributed by atoms with Crippen LogP contribution in [0.3, 0.4) is 0 Å². The molecule has 0 aliphatic heterocycles. The topological polar surface area (TPSA) is 47.5 Å². The zero-order valence-corrected chi connectivity index (χ0v) is 15.2. The summed E-state index contributed by atoms with van der Waals surface area (Å²) in [6.45, 7) is 5.90. The van der Waals surface area contributed by atoms with Gasteiger partial charge in [0.15, 0.2) is 5.82 Å². The van der Waals surface area contributed by atoms with E-state index in [9.17, 15) is 13.2 Å². The highest BCUT2D eigenvalue weighted by Gasteiger charge is 2.37. The highest BCUT2D eigenvalue weighted by Crippen LogP contribution is 2.40. The van der Waals surface area contributed by atoms with Gasteiger partial charge in [0.25, 0.3) is 0 Å². The number of halogens is 3. The van der Waals surface area contributed by atoms with Gasteiger partial charge in [-0.05, 0) is 32.4 Å². The summed E-state index contributed by atoms with van der Waals surface area (Å²) < 4.78 is 51.3. The Hall–Kier alpha value is -2.51. The summed E-state index contributed by atoms with van der Waals surface area (Å²) in [5.74, 6) is 0.172. The number of benzene rings is 1. The van der Waals surface area contributed by atoms with Gasteiger partial charge in [-0.1, -0.05) is 19.1 Å². The molecule has 0 N–H and O–H groups in total. The molecule has 1 aromatic heterocycles. The smallest absolute Gasteiger partial charge is 0.421 e. The monoisotopic (exact) mass is 369 g/mol. The minimum Gasteiger partial charge on any atom is -0.489 e. The summed E-state index contributed by atoms with van der Waals surface area (Å²) in [6, 6.07) is 6.77. The van der Waals surface area contributed by atoms with Gasteiger partial charge in [0.05, 0.1) is 18.4 Å². The Morgan fingerprint density at radius 3 is 2.50 bits per heavy atom. The van der Waals surface area contributed by atoms with Gasteiger partial charge < -0.3 is 14.4 Å². The number of ether oxygens (including phenoxy) is 2. The summed E-state index contributed by atoms with van der Waals surface area (Å²) in [7, 11) is 1.50. The first-order chi connectivity index (χ1) is 12.2. The van der Waals surface area contributed by atoms with E-state index in [2.05, 4.69) is 9.97 Å². The van der Waals surface area contributed by atoms with Crippen molar-refractivity contribution in [2.45, 2.75) is 39.5 Å². The van der Waals surface area contributed by atoms with Crippen molar-refractivity contribution < 1.29 is 22.6 Å². The molecule has 8 heteroatoms. The van der Waals surface area contributed by atoms with Crippen molar-refractivity contribution in [1.82, 2.24) is 9.97 Å². The molecule has 0 radical (unpaired) electrons. The lowest BCUT2D eigenvalue weighted by atomic mass is 10.2. The number of aromatic nitrogens is 2. The van der Waals surface area contributed by atoms with Crippen molar-refractivity contribution in [2.75, 3.05) is 18.6 Å². The van der Waals surface area contributed by atoms with Gasteiger partial charge in [-0.25, -0.2) is 4.98 Å². The molecule has 0 bridgehead atoms. The van der Waals surface area contributed by atoms with Crippen LogP contribution in [0.1, 0.15) is 32.8 Å². The zero-order valence-electron chi connectivity index (χ0n) is 15.2. The SMILES string of the molecule is CCCOc1ncc(C(F)(F)F)c(N(C)c2ccccc2OC(C)C)n1. The molecule has 0 aliphatic carbocycles. The predicted octanol–water partition coefficient (Wildman–Crippen LogP) is 4.84. The molecule has 2 rings (SSSR count). The van der Waals surface area contributed by atoms with Gasteiger partial charge in [0.1, 0.15) is 11.3 Å². The van der Waals surface area contributed by atoms with Crippen molar-refractivity contribution in [3.05, 3.63) is 36.0 Å². The second-order valence-electron chi connectivity index (χ2n) is 5.93. The van der Waals surface area contributed by atoms with Crippen LogP contribution in [0, 0.1) is 0 Å². The molecule has 142 valence electrons. The molecule has 0 amide bonds. The average Bonchev–Trinajstić information content (AvgIpc) is 2.58. The van der Waals surface area contributed by atoms with Gasteiger partial charge in [0.2, 0.25) is 0 Å². The van der Waals surface area contributed by atoms with E-state index in [-0.39, 0.29) is 17.9 Å². The van der Waals surface area contributed by atoms with Crippen molar-refractivity contribution in [3.8, 4) is 11.8 Å². The molecule has 1 heterocycles. The lowest BCUT2D eigenvalue weighted by Crippen LogP contribution is -2.20. The van der Waals surface area contributed by atoms with Crippen molar-refractivity contribution in [1.29, 1.82) is 0 Å². The van der Waals surface area contributed by atoms with Gasteiger partial charge >= 0.3 is 12.2 Å². The molecule has 0 saturated heterocycles. The van der Waals surface area contributed by atoms with Crippen LogP contribution < -0.4 is 14.4 Å².